The molecule has 1 aromatic rings. The Hall–Kier alpha value is -0.210. The summed E-state index contributed by atoms with van der Waals surface area (Å²) < 4.78 is 41.4. The molecule has 0 bridgehead atoms. The van der Waals surface area contributed by atoms with Crippen LogP contribution in [0, 0.1) is 11.7 Å². The van der Waals surface area contributed by atoms with E-state index in [2.05, 4.69) is 20.7 Å². The summed E-state index contributed by atoms with van der Waals surface area (Å²) in [7, 11) is -3.90. The van der Waals surface area contributed by atoms with Crippen molar-refractivity contribution in [2.75, 3.05) is 6.54 Å². The summed E-state index contributed by atoms with van der Waals surface area (Å²) in [6.07, 6.45) is 4.11. The number of rotatable bonds is 5. The highest BCUT2D eigenvalue weighted by Crippen LogP contribution is 2.28. The molecular formula is C13H19BrClFN2O2S. The first-order valence-corrected chi connectivity index (χ1v) is 8.89. The highest BCUT2D eigenvalue weighted by molar-refractivity contribution is 9.10. The highest BCUT2D eigenvalue weighted by Gasteiger charge is 2.29. The lowest BCUT2D eigenvalue weighted by Crippen LogP contribution is -2.44. The van der Waals surface area contributed by atoms with Crippen LogP contribution >= 0.6 is 28.3 Å². The van der Waals surface area contributed by atoms with Gasteiger partial charge in [0.1, 0.15) is 10.7 Å². The molecule has 1 fully saturated rings. The summed E-state index contributed by atoms with van der Waals surface area (Å²) in [5.41, 5.74) is 5.68. The molecule has 21 heavy (non-hydrogen) atoms. The van der Waals surface area contributed by atoms with Crippen molar-refractivity contribution in [3.05, 3.63) is 28.5 Å². The molecule has 1 atom stereocenters. The SMILES string of the molecule is Cl.NCC(NS(=O)(=O)c1cc(Br)ccc1F)C1CCCC1. The van der Waals surface area contributed by atoms with Crippen molar-refractivity contribution in [1.82, 2.24) is 4.72 Å². The largest absolute Gasteiger partial charge is 0.329 e. The van der Waals surface area contributed by atoms with Gasteiger partial charge in [0, 0.05) is 17.1 Å². The molecular weight excluding hydrogens is 383 g/mol. The Bertz CT molecular complexity index is 580. The Labute approximate surface area is 139 Å². The first kappa shape index (κ1) is 18.8. The van der Waals surface area contributed by atoms with Crippen LogP contribution < -0.4 is 10.5 Å². The van der Waals surface area contributed by atoms with Gasteiger partial charge in [0.25, 0.3) is 0 Å². The number of hydrogen-bond acceptors (Lipinski definition) is 3. The van der Waals surface area contributed by atoms with Gasteiger partial charge in [-0.25, -0.2) is 17.5 Å². The fraction of sp³-hybridized carbons (Fsp3) is 0.538. The maximum atomic E-state index is 13.7. The van der Waals surface area contributed by atoms with Crippen LogP contribution in [0.2, 0.25) is 0 Å². The van der Waals surface area contributed by atoms with E-state index in [9.17, 15) is 12.8 Å². The second kappa shape index (κ2) is 7.87. The third kappa shape index (κ3) is 4.63. The van der Waals surface area contributed by atoms with Crippen LogP contribution in [0.4, 0.5) is 4.39 Å². The monoisotopic (exact) mass is 400 g/mol. The van der Waals surface area contributed by atoms with E-state index in [1.54, 1.807) is 0 Å². The van der Waals surface area contributed by atoms with Crippen LogP contribution in [0.1, 0.15) is 25.7 Å². The molecule has 0 spiro atoms. The number of benzene rings is 1. The molecule has 1 aliphatic rings. The van der Waals surface area contributed by atoms with Crippen LogP contribution in [-0.4, -0.2) is 21.0 Å². The van der Waals surface area contributed by atoms with Crippen LogP contribution in [0.5, 0.6) is 0 Å². The summed E-state index contributed by atoms with van der Waals surface area (Å²) in [6, 6.07) is 3.53. The summed E-state index contributed by atoms with van der Waals surface area (Å²) in [6.45, 7) is 0.222. The third-order valence-corrected chi connectivity index (χ3v) is 5.71. The molecule has 2 rings (SSSR count). The minimum Gasteiger partial charge on any atom is -0.329 e. The Kier molecular flexibility index (Phi) is 7.06. The third-order valence-electron chi connectivity index (χ3n) is 3.71. The minimum absolute atomic E-state index is 0. The summed E-state index contributed by atoms with van der Waals surface area (Å²) in [4.78, 5) is -0.344. The average molecular weight is 402 g/mol. The summed E-state index contributed by atoms with van der Waals surface area (Å²) in [5, 5.41) is 0. The maximum absolute atomic E-state index is 13.7. The van der Waals surface area contributed by atoms with Gasteiger partial charge < -0.3 is 5.73 Å². The predicted octanol–water partition coefficient (Wildman–Crippen LogP) is 2.81. The van der Waals surface area contributed by atoms with E-state index in [1.165, 1.54) is 12.1 Å². The normalized spacial score (nSPS) is 17.5. The van der Waals surface area contributed by atoms with Gasteiger partial charge in [-0.3, -0.25) is 0 Å². The molecule has 1 saturated carbocycles. The molecule has 1 aromatic carbocycles. The van der Waals surface area contributed by atoms with Gasteiger partial charge in [0.05, 0.1) is 0 Å². The van der Waals surface area contributed by atoms with Gasteiger partial charge in [0.2, 0.25) is 10.0 Å². The van der Waals surface area contributed by atoms with E-state index >= 15 is 0 Å². The standard InChI is InChI=1S/C13H18BrFN2O2S.ClH/c14-10-5-6-11(15)13(7-10)20(18,19)17-12(8-16)9-3-1-2-4-9;/h5-7,9,12,17H,1-4,8,16H2;1H. The smallest absolute Gasteiger partial charge is 0.243 e. The lowest BCUT2D eigenvalue weighted by atomic mass is 9.99. The van der Waals surface area contributed by atoms with E-state index in [-0.39, 0.29) is 35.8 Å². The Morgan fingerprint density at radius 1 is 1.38 bits per heavy atom. The number of halogens is 3. The van der Waals surface area contributed by atoms with Gasteiger partial charge in [-0.1, -0.05) is 28.8 Å². The fourth-order valence-electron chi connectivity index (χ4n) is 2.64. The molecule has 1 aliphatic carbocycles. The Morgan fingerprint density at radius 2 is 2.00 bits per heavy atom. The van der Waals surface area contributed by atoms with Gasteiger partial charge in [-0.05, 0) is 37.0 Å². The Morgan fingerprint density at radius 3 is 2.57 bits per heavy atom. The molecule has 1 unspecified atom stereocenters. The van der Waals surface area contributed by atoms with E-state index in [0.29, 0.717) is 4.47 Å². The highest BCUT2D eigenvalue weighted by atomic mass is 79.9. The molecule has 0 radical (unpaired) electrons. The lowest BCUT2D eigenvalue weighted by Gasteiger charge is -2.23. The topological polar surface area (TPSA) is 72.2 Å². The molecule has 120 valence electrons. The van der Waals surface area contributed by atoms with Crippen molar-refractivity contribution in [2.45, 2.75) is 36.6 Å². The molecule has 0 saturated heterocycles. The van der Waals surface area contributed by atoms with Crippen molar-refractivity contribution in [1.29, 1.82) is 0 Å². The number of nitrogens with two attached hydrogens (primary N) is 1. The van der Waals surface area contributed by atoms with Gasteiger partial charge in [0.15, 0.2) is 0 Å². The summed E-state index contributed by atoms with van der Waals surface area (Å²) >= 11 is 3.15. The van der Waals surface area contributed by atoms with E-state index in [0.717, 1.165) is 31.7 Å². The molecule has 0 aromatic heterocycles. The fourth-order valence-corrected chi connectivity index (χ4v) is 4.58. The van der Waals surface area contributed by atoms with Crippen LogP contribution in [0.25, 0.3) is 0 Å². The first-order valence-electron chi connectivity index (χ1n) is 6.61. The zero-order chi connectivity index (χ0) is 14.8. The molecule has 8 heteroatoms. The molecule has 0 heterocycles. The quantitative estimate of drug-likeness (QED) is 0.797. The van der Waals surface area contributed by atoms with Gasteiger partial charge in [-0.15, -0.1) is 12.4 Å². The van der Waals surface area contributed by atoms with E-state index in [1.807, 2.05) is 0 Å². The van der Waals surface area contributed by atoms with Crippen LogP contribution in [0.3, 0.4) is 0 Å². The van der Waals surface area contributed by atoms with Crippen molar-refractivity contribution in [3.63, 3.8) is 0 Å². The van der Waals surface area contributed by atoms with E-state index in [4.69, 9.17) is 5.73 Å². The number of hydrogen-bond donors (Lipinski definition) is 2. The zero-order valence-corrected chi connectivity index (χ0v) is 14.6. The molecule has 0 aliphatic heterocycles. The molecule has 0 amide bonds. The first-order chi connectivity index (χ1) is 9.44. The number of nitrogens with one attached hydrogen (secondary N) is 1. The van der Waals surface area contributed by atoms with Crippen molar-refractivity contribution >= 4 is 38.4 Å². The predicted molar refractivity (Wildman–Crippen MR) is 86.5 cm³/mol. The molecule has 4 nitrogen and oxygen atoms in total. The summed E-state index contributed by atoms with van der Waals surface area (Å²) in [5.74, 6) is -0.520. The minimum atomic E-state index is -3.90. The maximum Gasteiger partial charge on any atom is 0.243 e. The van der Waals surface area contributed by atoms with E-state index < -0.39 is 15.8 Å². The number of sulfonamides is 1. The second-order valence-corrected chi connectivity index (χ2v) is 7.68. The van der Waals surface area contributed by atoms with Crippen LogP contribution in [0.15, 0.2) is 27.6 Å². The van der Waals surface area contributed by atoms with Crippen molar-refractivity contribution in [2.24, 2.45) is 11.7 Å². The average Bonchev–Trinajstić information content (AvgIpc) is 2.92. The zero-order valence-electron chi connectivity index (χ0n) is 11.4. The van der Waals surface area contributed by atoms with Gasteiger partial charge >= 0.3 is 0 Å². The molecule has 3 N–H and O–H groups in total. The lowest BCUT2D eigenvalue weighted by molar-refractivity contribution is 0.404. The van der Waals surface area contributed by atoms with Crippen molar-refractivity contribution < 1.29 is 12.8 Å². The Balaban J connectivity index is 0.00000220. The van der Waals surface area contributed by atoms with Gasteiger partial charge in [-0.2, -0.15) is 0 Å². The van der Waals surface area contributed by atoms with Crippen LogP contribution in [-0.2, 0) is 10.0 Å². The van der Waals surface area contributed by atoms with Crippen molar-refractivity contribution in [3.8, 4) is 0 Å². The second-order valence-electron chi connectivity index (χ2n) is 5.08.